The van der Waals surface area contributed by atoms with Gasteiger partial charge in [0.15, 0.2) is 0 Å². The highest BCUT2D eigenvalue weighted by Crippen LogP contribution is 2.54. The Morgan fingerprint density at radius 2 is 1.56 bits per heavy atom. The number of hydrogen-bond acceptors (Lipinski definition) is 5. The summed E-state index contributed by atoms with van der Waals surface area (Å²) in [6.07, 6.45) is 2.05. The Kier molecular flexibility index (Phi) is 5.55. The van der Waals surface area contributed by atoms with E-state index in [0.29, 0.717) is 6.42 Å². The van der Waals surface area contributed by atoms with E-state index in [4.69, 9.17) is 0 Å². The normalized spacial score (nSPS) is 29.7. The van der Waals surface area contributed by atoms with E-state index in [-0.39, 0.29) is 32.3 Å². The van der Waals surface area contributed by atoms with Crippen LogP contribution in [0.4, 0.5) is 0 Å². The Bertz CT molecular complexity index is 248. The first-order valence-corrected chi connectivity index (χ1v) is 6.68. The van der Waals surface area contributed by atoms with Crippen molar-refractivity contribution in [3.05, 3.63) is 0 Å². The molecule has 0 radical (unpaired) electrons. The minimum absolute atomic E-state index is 0.0817. The van der Waals surface area contributed by atoms with Gasteiger partial charge in [0.1, 0.15) is 0 Å². The van der Waals surface area contributed by atoms with Gasteiger partial charge in [-0.3, -0.25) is 0 Å². The monoisotopic (exact) mass is 262 g/mol. The molecule has 5 heteroatoms. The number of hydrogen-bond donors (Lipinski definition) is 5. The minimum atomic E-state index is -1.09. The third-order valence-electron chi connectivity index (χ3n) is 4.72. The van der Waals surface area contributed by atoms with Crippen molar-refractivity contribution >= 4 is 0 Å². The highest BCUT2D eigenvalue weighted by atomic mass is 16.3. The average molecular weight is 262 g/mol. The summed E-state index contributed by atoms with van der Waals surface area (Å²) in [5.74, 6) is -0.0817. The molecule has 108 valence electrons. The third kappa shape index (κ3) is 2.30. The quantitative estimate of drug-likeness (QED) is 0.426. The molecule has 0 aromatic rings. The number of aliphatic hydroxyl groups excluding tert-OH is 5. The molecule has 1 aliphatic rings. The fourth-order valence-corrected chi connectivity index (χ4v) is 3.31. The summed E-state index contributed by atoms with van der Waals surface area (Å²) in [5, 5.41) is 48.5. The van der Waals surface area contributed by atoms with Gasteiger partial charge in [0.05, 0.1) is 32.5 Å². The standard InChI is InChI=1S/C13H26O5/c1-2-3-4-10-5-12(6-14,7-15)11(18)13(10,8-16)9-17/h10-11,14-18H,2-9H2,1H3. The molecule has 5 N–H and O–H groups in total. The van der Waals surface area contributed by atoms with Crippen molar-refractivity contribution in [2.75, 3.05) is 26.4 Å². The van der Waals surface area contributed by atoms with Gasteiger partial charge >= 0.3 is 0 Å². The predicted molar refractivity (Wildman–Crippen MR) is 66.8 cm³/mol. The zero-order chi connectivity index (χ0) is 13.8. The van der Waals surface area contributed by atoms with E-state index in [0.717, 1.165) is 19.3 Å². The van der Waals surface area contributed by atoms with E-state index >= 15 is 0 Å². The largest absolute Gasteiger partial charge is 0.396 e. The Morgan fingerprint density at radius 1 is 1.00 bits per heavy atom. The van der Waals surface area contributed by atoms with E-state index in [9.17, 15) is 25.5 Å². The van der Waals surface area contributed by atoms with Crippen LogP contribution in [-0.2, 0) is 0 Å². The molecule has 0 heterocycles. The van der Waals surface area contributed by atoms with Crippen LogP contribution in [0, 0.1) is 16.7 Å². The minimum Gasteiger partial charge on any atom is -0.396 e. The average Bonchev–Trinajstić information content (AvgIpc) is 2.66. The first kappa shape index (κ1) is 15.9. The first-order chi connectivity index (χ1) is 8.56. The van der Waals surface area contributed by atoms with Gasteiger partial charge in [-0.2, -0.15) is 0 Å². The van der Waals surface area contributed by atoms with Crippen LogP contribution < -0.4 is 0 Å². The number of aliphatic hydroxyl groups is 5. The summed E-state index contributed by atoms with van der Waals surface area (Å²) < 4.78 is 0. The lowest BCUT2D eigenvalue weighted by Gasteiger charge is -2.37. The van der Waals surface area contributed by atoms with Gasteiger partial charge in [-0.15, -0.1) is 0 Å². The van der Waals surface area contributed by atoms with E-state index in [1.165, 1.54) is 0 Å². The summed E-state index contributed by atoms with van der Waals surface area (Å²) in [6.45, 7) is 0.710. The van der Waals surface area contributed by atoms with Crippen LogP contribution in [0.2, 0.25) is 0 Å². The van der Waals surface area contributed by atoms with Crippen LogP contribution in [0.1, 0.15) is 32.6 Å². The molecule has 0 aromatic heterocycles. The van der Waals surface area contributed by atoms with E-state index in [1.807, 2.05) is 0 Å². The van der Waals surface area contributed by atoms with Crippen molar-refractivity contribution in [3.63, 3.8) is 0 Å². The van der Waals surface area contributed by atoms with Crippen LogP contribution in [0.5, 0.6) is 0 Å². The second-order valence-electron chi connectivity index (χ2n) is 5.67. The van der Waals surface area contributed by atoms with Gasteiger partial charge in [-0.25, -0.2) is 0 Å². The van der Waals surface area contributed by atoms with Gasteiger partial charge < -0.3 is 25.5 Å². The van der Waals surface area contributed by atoms with Crippen LogP contribution in [0.15, 0.2) is 0 Å². The van der Waals surface area contributed by atoms with Crippen molar-refractivity contribution in [1.29, 1.82) is 0 Å². The Morgan fingerprint density at radius 3 is 1.94 bits per heavy atom. The molecule has 5 nitrogen and oxygen atoms in total. The molecule has 18 heavy (non-hydrogen) atoms. The summed E-state index contributed by atoms with van der Waals surface area (Å²) in [6, 6.07) is 0. The van der Waals surface area contributed by atoms with Crippen molar-refractivity contribution in [2.45, 2.75) is 38.7 Å². The highest BCUT2D eigenvalue weighted by molar-refractivity contribution is 5.08. The fraction of sp³-hybridized carbons (Fsp3) is 1.00. The lowest BCUT2D eigenvalue weighted by atomic mass is 9.74. The molecule has 1 saturated carbocycles. The van der Waals surface area contributed by atoms with E-state index < -0.39 is 16.9 Å². The second-order valence-corrected chi connectivity index (χ2v) is 5.67. The summed E-state index contributed by atoms with van der Waals surface area (Å²) in [5.41, 5.74) is -2.02. The molecule has 0 saturated heterocycles. The smallest absolute Gasteiger partial charge is 0.0743 e. The highest BCUT2D eigenvalue weighted by Gasteiger charge is 2.60. The van der Waals surface area contributed by atoms with Crippen LogP contribution >= 0.6 is 0 Å². The molecular weight excluding hydrogens is 236 g/mol. The van der Waals surface area contributed by atoms with Crippen LogP contribution in [-0.4, -0.2) is 58.1 Å². The first-order valence-electron chi connectivity index (χ1n) is 6.68. The van der Waals surface area contributed by atoms with Gasteiger partial charge in [0.25, 0.3) is 0 Å². The van der Waals surface area contributed by atoms with Crippen molar-refractivity contribution in [1.82, 2.24) is 0 Å². The molecule has 2 atom stereocenters. The molecule has 2 unspecified atom stereocenters. The maximum absolute atomic E-state index is 10.4. The lowest BCUT2D eigenvalue weighted by Crippen LogP contribution is -2.49. The second kappa shape index (κ2) is 6.30. The van der Waals surface area contributed by atoms with Crippen molar-refractivity contribution in [3.8, 4) is 0 Å². The van der Waals surface area contributed by atoms with Gasteiger partial charge in [0, 0.05) is 10.8 Å². The maximum atomic E-state index is 10.4. The summed E-state index contributed by atoms with van der Waals surface area (Å²) in [4.78, 5) is 0. The zero-order valence-electron chi connectivity index (χ0n) is 11.0. The van der Waals surface area contributed by atoms with Crippen molar-refractivity contribution < 1.29 is 25.5 Å². The summed E-state index contributed by atoms with van der Waals surface area (Å²) in [7, 11) is 0. The topological polar surface area (TPSA) is 101 Å². The van der Waals surface area contributed by atoms with E-state index in [1.54, 1.807) is 0 Å². The molecule has 0 bridgehead atoms. The molecule has 0 aliphatic heterocycles. The summed E-state index contributed by atoms with van der Waals surface area (Å²) >= 11 is 0. The molecule has 0 amide bonds. The van der Waals surface area contributed by atoms with Gasteiger partial charge in [-0.05, 0) is 18.8 Å². The number of rotatable bonds is 7. The fourth-order valence-electron chi connectivity index (χ4n) is 3.31. The Labute approximate surface area is 108 Å². The SMILES string of the molecule is CCCCC1CC(CO)(CO)C(O)C1(CO)CO. The Hall–Kier alpha value is -0.200. The van der Waals surface area contributed by atoms with E-state index in [2.05, 4.69) is 6.92 Å². The molecule has 1 aliphatic carbocycles. The Balaban J connectivity index is 3.02. The van der Waals surface area contributed by atoms with Crippen LogP contribution in [0.25, 0.3) is 0 Å². The number of unbranched alkanes of at least 4 members (excludes halogenated alkanes) is 1. The third-order valence-corrected chi connectivity index (χ3v) is 4.72. The van der Waals surface area contributed by atoms with Crippen molar-refractivity contribution in [2.24, 2.45) is 16.7 Å². The molecule has 1 rings (SSSR count). The molecular formula is C13H26O5. The predicted octanol–water partition coefficient (Wildman–Crippen LogP) is -0.501. The molecule has 1 fully saturated rings. The maximum Gasteiger partial charge on any atom is 0.0743 e. The van der Waals surface area contributed by atoms with Gasteiger partial charge in [-0.1, -0.05) is 19.8 Å². The lowest BCUT2D eigenvalue weighted by molar-refractivity contribution is -0.112. The van der Waals surface area contributed by atoms with Gasteiger partial charge in [0.2, 0.25) is 0 Å². The molecule has 0 spiro atoms. The molecule has 0 aromatic carbocycles. The van der Waals surface area contributed by atoms with Crippen LogP contribution in [0.3, 0.4) is 0 Å². The zero-order valence-corrected chi connectivity index (χ0v) is 11.0.